The molecule has 0 saturated carbocycles. The summed E-state index contributed by atoms with van der Waals surface area (Å²) in [4.78, 5) is 37.6. The number of rotatable bonds is 9. The first-order valence-electron chi connectivity index (χ1n) is 12.8. The molecule has 2 aromatic rings. The van der Waals surface area contributed by atoms with Crippen LogP contribution in [-0.4, -0.2) is 23.8 Å². The molecule has 0 aliphatic carbocycles. The number of carbonyl (C=O) groups excluding carboxylic acids is 3. The van der Waals surface area contributed by atoms with Crippen molar-refractivity contribution in [1.29, 1.82) is 0 Å². The van der Waals surface area contributed by atoms with Crippen molar-refractivity contribution >= 4 is 23.8 Å². The fraction of sp³-hybridized carbons (Fsp3) is 0.406. The second-order valence-electron chi connectivity index (χ2n) is 11.4. The fourth-order valence-electron chi connectivity index (χ4n) is 3.07. The molecule has 6 nitrogen and oxygen atoms in total. The summed E-state index contributed by atoms with van der Waals surface area (Å²) in [6.07, 6.45) is 7.48. The van der Waals surface area contributed by atoms with E-state index in [1.807, 2.05) is 39.0 Å². The second kappa shape index (κ2) is 12.7. The summed E-state index contributed by atoms with van der Waals surface area (Å²) in [5, 5.41) is 0. The van der Waals surface area contributed by atoms with E-state index in [0.717, 1.165) is 5.56 Å². The monoisotopic (exact) mass is 520 g/mol. The molecule has 0 unspecified atom stereocenters. The van der Waals surface area contributed by atoms with Crippen molar-refractivity contribution in [2.24, 2.45) is 10.8 Å². The van der Waals surface area contributed by atoms with Gasteiger partial charge in [-0.1, -0.05) is 12.2 Å². The Bertz CT molecular complexity index is 1200. The quantitative estimate of drug-likeness (QED) is 0.113. The molecule has 0 aromatic heterocycles. The van der Waals surface area contributed by atoms with Crippen LogP contribution in [0.3, 0.4) is 0 Å². The zero-order chi connectivity index (χ0) is 28.7. The number of ether oxygens (including phenoxy) is 3. The van der Waals surface area contributed by atoms with E-state index < -0.39 is 10.8 Å². The molecule has 0 bridgehead atoms. The number of hydrogen-bond acceptors (Lipinski definition) is 6. The summed E-state index contributed by atoms with van der Waals surface area (Å²) in [6.45, 7) is 16.5. The predicted molar refractivity (Wildman–Crippen MR) is 151 cm³/mol. The van der Waals surface area contributed by atoms with E-state index in [1.165, 1.54) is 6.08 Å². The summed E-state index contributed by atoms with van der Waals surface area (Å²) in [6, 6.07) is 10.0. The number of carbonyl (C=O) groups is 3. The van der Waals surface area contributed by atoms with Gasteiger partial charge in [0.1, 0.15) is 17.2 Å². The maximum Gasteiger partial charge on any atom is 0.316 e. The Morgan fingerprint density at radius 2 is 1.42 bits per heavy atom. The van der Waals surface area contributed by atoms with E-state index in [1.54, 1.807) is 78.0 Å². The first kappa shape index (κ1) is 30.6. The minimum atomic E-state index is -0.664. The topological polar surface area (TPSA) is 78.9 Å². The average Bonchev–Trinajstić information content (AvgIpc) is 2.81. The Kier molecular flexibility index (Phi) is 10.2. The lowest BCUT2D eigenvalue weighted by Crippen LogP contribution is -2.26. The van der Waals surface area contributed by atoms with Gasteiger partial charge in [-0.2, -0.15) is 0 Å². The van der Waals surface area contributed by atoms with Gasteiger partial charge in [0.2, 0.25) is 0 Å². The van der Waals surface area contributed by atoms with Crippen LogP contribution in [0, 0.1) is 10.8 Å². The van der Waals surface area contributed by atoms with Gasteiger partial charge in [0.15, 0.2) is 5.78 Å². The van der Waals surface area contributed by atoms with Crippen molar-refractivity contribution in [3.63, 3.8) is 0 Å². The molecule has 0 heterocycles. The minimum Gasteiger partial charge on any atom is -0.490 e. The van der Waals surface area contributed by atoms with Gasteiger partial charge in [-0.25, -0.2) is 0 Å². The molecule has 2 rings (SSSR count). The Balaban J connectivity index is 2.38. The molecule has 0 spiro atoms. The van der Waals surface area contributed by atoms with Crippen LogP contribution in [0.4, 0.5) is 0 Å². The van der Waals surface area contributed by atoms with E-state index in [0.29, 0.717) is 34.8 Å². The lowest BCUT2D eigenvalue weighted by Gasteiger charge is -2.20. The van der Waals surface area contributed by atoms with Crippen LogP contribution in [0.1, 0.15) is 83.8 Å². The number of benzene rings is 2. The van der Waals surface area contributed by atoms with Crippen molar-refractivity contribution in [2.45, 2.75) is 74.8 Å². The highest BCUT2D eigenvalue weighted by molar-refractivity contribution is 6.07. The highest BCUT2D eigenvalue weighted by Gasteiger charge is 2.26. The average molecular weight is 521 g/mol. The SMILES string of the molecule is C/C=C/Cc1cc(/C=C/C(=O)c2ccc(OC(=O)C(C)(C)C)cc2)c(OC(C)C)cc1OC(=O)C(C)(C)C. The Morgan fingerprint density at radius 3 is 1.95 bits per heavy atom. The van der Waals surface area contributed by atoms with Crippen molar-refractivity contribution in [3.8, 4) is 17.2 Å². The summed E-state index contributed by atoms with van der Waals surface area (Å²) in [7, 11) is 0. The lowest BCUT2D eigenvalue weighted by molar-refractivity contribution is -0.143. The van der Waals surface area contributed by atoms with E-state index in [2.05, 4.69) is 0 Å². The number of esters is 2. The summed E-state index contributed by atoms with van der Waals surface area (Å²) in [5.41, 5.74) is 0.654. The first-order chi connectivity index (χ1) is 17.6. The lowest BCUT2D eigenvalue weighted by atomic mass is 9.97. The molecule has 2 aromatic carbocycles. The number of allylic oxidation sites excluding steroid dienone is 3. The number of ketones is 1. The van der Waals surface area contributed by atoms with E-state index >= 15 is 0 Å². The van der Waals surface area contributed by atoms with Gasteiger partial charge in [0.05, 0.1) is 16.9 Å². The Labute approximate surface area is 226 Å². The van der Waals surface area contributed by atoms with Crippen LogP contribution in [-0.2, 0) is 16.0 Å². The first-order valence-corrected chi connectivity index (χ1v) is 12.8. The van der Waals surface area contributed by atoms with Crippen molar-refractivity contribution in [1.82, 2.24) is 0 Å². The molecule has 0 fully saturated rings. The summed E-state index contributed by atoms with van der Waals surface area (Å²) >= 11 is 0. The maximum absolute atomic E-state index is 12.9. The summed E-state index contributed by atoms with van der Waals surface area (Å²) in [5.74, 6) is 0.417. The minimum absolute atomic E-state index is 0.131. The van der Waals surface area contributed by atoms with Gasteiger partial charge in [-0.3, -0.25) is 14.4 Å². The fourth-order valence-corrected chi connectivity index (χ4v) is 3.07. The highest BCUT2D eigenvalue weighted by atomic mass is 16.5. The zero-order valence-electron chi connectivity index (χ0n) is 24.0. The molecule has 0 aliphatic rings. The van der Waals surface area contributed by atoms with Gasteiger partial charge in [-0.05, 0) is 117 Å². The largest absolute Gasteiger partial charge is 0.490 e. The predicted octanol–water partition coefficient (Wildman–Crippen LogP) is 7.39. The van der Waals surface area contributed by atoms with Crippen LogP contribution >= 0.6 is 0 Å². The van der Waals surface area contributed by atoms with Crippen LogP contribution in [0.5, 0.6) is 17.2 Å². The summed E-state index contributed by atoms with van der Waals surface area (Å²) < 4.78 is 17.1. The van der Waals surface area contributed by atoms with Crippen molar-refractivity contribution < 1.29 is 28.6 Å². The van der Waals surface area contributed by atoms with Crippen LogP contribution < -0.4 is 14.2 Å². The third kappa shape index (κ3) is 9.02. The molecule has 0 aliphatic heterocycles. The maximum atomic E-state index is 12.9. The van der Waals surface area contributed by atoms with Gasteiger partial charge in [0, 0.05) is 17.2 Å². The van der Waals surface area contributed by atoms with Gasteiger partial charge in [-0.15, -0.1) is 0 Å². The molecule has 38 heavy (non-hydrogen) atoms. The van der Waals surface area contributed by atoms with Crippen LogP contribution in [0.15, 0.2) is 54.6 Å². The van der Waals surface area contributed by atoms with Gasteiger partial charge in [0.25, 0.3) is 0 Å². The standard InChI is InChI=1S/C32H40O6/c1-10-11-12-23-19-24(27(36-21(2)3)20-28(23)38-30(35)32(7,8)9)15-18-26(33)22-13-16-25(17-14-22)37-29(34)31(4,5)6/h10-11,13-21H,12H2,1-9H3/b11-10+,18-15+. The molecule has 204 valence electrons. The van der Waals surface area contributed by atoms with Crippen LogP contribution in [0.2, 0.25) is 0 Å². The number of hydrogen-bond donors (Lipinski definition) is 0. The third-order valence-corrected chi connectivity index (χ3v) is 5.32. The zero-order valence-corrected chi connectivity index (χ0v) is 24.0. The van der Waals surface area contributed by atoms with E-state index in [9.17, 15) is 14.4 Å². The van der Waals surface area contributed by atoms with Gasteiger partial charge < -0.3 is 14.2 Å². The molecule has 6 heteroatoms. The van der Waals surface area contributed by atoms with Gasteiger partial charge >= 0.3 is 11.9 Å². The van der Waals surface area contributed by atoms with Crippen molar-refractivity contribution in [2.75, 3.05) is 0 Å². The molecule has 0 N–H and O–H groups in total. The third-order valence-electron chi connectivity index (χ3n) is 5.32. The van der Waals surface area contributed by atoms with E-state index in [-0.39, 0.29) is 23.8 Å². The molecule has 0 radical (unpaired) electrons. The Hall–Kier alpha value is -3.67. The van der Waals surface area contributed by atoms with E-state index in [4.69, 9.17) is 14.2 Å². The second-order valence-corrected chi connectivity index (χ2v) is 11.4. The van der Waals surface area contributed by atoms with Crippen LogP contribution in [0.25, 0.3) is 6.08 Å². The molecular weight excluding hydrogens is 480 g/mol. The van der Waals surface area contributed by atoms with Crippen molar-refractivity contribution in [3.05, 3.63) is 71.3 Å². The Morgan fingerprint density at radius 1 is 0.842 bits per heavy atom. The molecule has 0 amide bonds. The smallest absolute Gasteiger partial charge is 0.316 e. The highest BCUT2D eigenvalue weighted by Crippen LogP contribution is 2.33. The molecule has 0 atom stereocenters. The molecular formula is C32H40O6. The molecule has 0 saturated heterocycles. The normalized spacial score (nSPS) is 12.3.